The Balaban J connectivity index is 1.95. The third kappa shape index (κ3) is 3.39. The molecule has 1 heterocycles. The van der Waals surface area contributed by atoms with E-state index < -0.39 is 0 Å². The second kappa shape index (κ2) is 6.51. The van der Waals surface area contributed by atoms with Crippen LogP contribution in [0.1, 0.15) is 49.9 Å². The Morgan fingerprint density at radius 1 is 1.00 bits per heavy atom. The zero-order valence-electron chi connectivity index (χ0n) is 16.2. The summed E-state index contributed by atoms with van der Waals surface area (Å²) in [6.45, 7) is 14.2. The molecule has 2 aromatic rings. The molecule has 3 rings (SSSR count). The van der Waals surface area contributed by atoms with Crippen LogP contribution in [0.25, 0.3) is 5.57 Å². The highest BCUT2D eigenvalue weighted by Crippen LogP contribution is 2.38. The van der Waals surface area contributed by atoms with E-state index in [4.69, 9.17) is 0 Å². The summed E-state index contributed by atoms with van der Waals surface area (Å²) < 4.78 is 0. The molecule has 0 radical (unpaired) electrons. The lowest BCUT2D eigenvalue weighted by Crippen LogP contribution is -2.44. The van der Waals surface area contributed by atoms with E-state index in [1.807, 2.05) is 6.21 Å². The van der Waals surface area contributed by atoms with E-state index in [0.29, 0.717) is 0 Å². The normalized spacial score (nSPS) is 16.1. The standard InChI is InChI=1S/C23H28N2/c1-7-25-22-11-9-19(13-21(22)18(4)14-23(25,5)6)15-24-20-10-8-16(2)17(3)12-20/h8-15H,7H2,1-6H3. The minimum atomic E-state index is 0.0564. The minimum Gasteiger partial charge on any atom is -0.363 e. The maximum Gasteiger partial charge on any atom is 0.0632 e. The first-order valence-corrected chi connectivity index (χ1v) is 9.04. The fourth-order valence-electron chi connectivity index (χ4n) is 3.71. The van der Waals surface area contributed by atoms with Crippen molar-refractivity contribution >= 4 is 23.2 Å². The van der Waals surface area contributed by atoms with Gasteiger partial charge in [-0.25, -0.2) is 0 Å². The SMILES string of the molecule is CCN1c2ccc(C=Nc3ccc(C)c(C)c3)cc2C(C)=CC1(C)C. The number of likely N-dealkylation sites (N-methyl/N-ethyl adjacent to an activating group) is 1. The second-order valence-electron chi connectivity index (χ2n) is 7.53. The lowest BCUT2D eigenvalue weighted by Gasteiger charge is -2.42. The fourth-order valence-corrected chi connectivity index (χ4v) is 3.71. The molecule has 0 N–H and O–H groups in total. The van der Waals surface area contributed by atoms with Gasteiger partial charge in [0.25, 0.3) is 0 Å². The van der Waals surface area contributed by atoms with Crippen LogP contribution in [-0.4, -0.2) is 18.3 Å². The summed E-state index contributed by atoms with van der Waals surface area (Å²) in [7, 11) is 0. The van der Waals surface area contributed by atoms with Gasteiger partial charge in [0.15, 0.2) is 0 Å². The van der Waals surface area contributed by atoms with Crippen molar-refractivity contribution in [3.8, 4) is 0 Å². The molecule has 0 saturated heterocycles. The number of anilines is 1. The quantitative estimate of drug-likeness (QED) is 0.622. The van der Waals surface area contributed by atoms with Gasteiger partial charge >= 0.3 is 0 Å². The molecule has 0 saturated carbocycles. The zero-order chi connectivity index (χ0) is 18.2. The van der Waals surface area contributed by atoms with Crippen molar-refractivity contribution in [2.45, 2.75) is 47.1 Å². The van der Waals surface area contributed by atoms with Crippen molar-refractivity contribution in [2.24, 2.45) is 4.99 Å². The van der Waals surface area contributed by atoms with Crippen molar-refractivity contribution in [1.29, 1.82) is 0 Å². The Morgan fingerprint density at radius 3 is 2.44 bits per heavy atom. The van der Waals surface area contributed by atoms with Crippen LogP contribution in [0, 0.1) is 13.8 Å². The van der Waals surface area contributed by atoms with Gasteiger partial charge in [0, 0.05) is 24.0 Å². The van der Waals surface area contributed by atoms with Crippen molar-refractivity contribution < 1.29 is 0 Å². The Labute approximate surface area is 151 Å². The van der Waals surface area contributed by atoms with Gasteiger partial charge in [-0.1, -0.05) is 18.2 Å². The summed E-state index contributed by atoms with van der Waals surface area (Å²) in [6.07, 6.45) is 4.33. The van der Waals surface area contributed by atoms with Gasteiger partial charge in [0.1, 0.15) is 0 Å². The Hall–Kier alpha value is -2.35. The van der Waals surface area contributed by atoms with Crippen LogP contribution < -0.4 is 4.90 Å². The number of rotatable bonds is 3. The number of aryl methyl sites for hydroxylation is 2. The Bertz CT molecular complexity index is 856. The number of benzene rings is 2. The van der Waals surface area contributed by atoms with Gasteiger partial charge in [-0.3, -0.25) is 4.99 Å². The molecule has 130 valence electrons. The van der Waals surface area contributed by atoms with Crippen molar-refractivity contribution in [1.82, 2.24) is 0 Å². The lowest BCUT2D eigenvalue weighted by atomic mass is 9.88. The van der Waals surface area contributed by atoms with Crippen LogP contribution in [0.2, 0.25) is 0 Å². The van der Waals surface area contributed by atoms with Crippen LogP contribution in [0.15, 0.2) is 47.5 Å². The van der Waals surface area contributed by atoms with Crippen LogP contribution in [0.3, 0.4) is 0 Å². The van der Waals surface area contributed by atoms with Crippen LogP contribution >= 0.6 is 0 Å². The third-order valence-corrected chi connectivity index (χ3v) is 5.17. The highest BCUT2D eigenvalue weighted by Gasteiger charge is 2.29. The summed E-state index contributed by atoms with van der Waals surface area (Å²) in [4.78, 5) is 7.12. The van der Waals surface area contributed by atoms with Crippen molar-refractivity contribution in [3.05, 3.63) is 64.7 Å². The predicted molar refractivity (Wildman–Crippen MR) is 110 cm³/mol. The van der Waals surface area contributed by atoms with Crippen LogP contribution in [-0.2, 0) is 0 Å². The Morgan fingerprint density at radius 2 is 1.76 bits per heavy atom. The van der Waals surface area contributed by atoms with Gasteiger partial charge in [0.2, 0.25) is 0 Å². The van der Waals surface area contributed by atoms with Crippen molar-refractivity contribution in [2.75, 3.05) is 11.4 Å². The van der Waals surface area contributed by atoms with E-state index in [-0.39, 0.29) is 5.54 Å². The van der Waals surface area contributed by atoms with Gasteiger partial charge < -0.3 is 4.90 Å². The van der Waals surface area contributed by atoms with E-state index in [2.05, 4.69) is 93.9 Å². The minimum absolute atomic E-state index is 0.0564. The maximum absolute atomic E-state index is 4.66. The number of aliphatic imine (C=N–C) groups is 1. The lowest BCUT2D eigenvalue weighted by molar-refractivity contribution is 0.566. The topological polar surface area (TPSA) is 15.6 Å². The molecule has 0 bridgehead atoms. The molecular formula is C23H28N2. The molecule has 1 aliphatic heterocycles. The van der Waals surface area contributed by atoms with Crippen LogP contribution in [0.5, 0.6) is 0 Å². The summed E-state index contributed by atoms with van der Waals surface area (Å²) in [5.41, 5.74) is 8.74. The van der Waals surface area contributed by atoms with E-state index in [1.165, 1.54) is 28.0 Å². The highest BCUT2D eigenvalue weighted by atomic mass is 15.2. The molecule has 0 fully saturated rings. The average molecular weight is 332 g/mol. The monoisotopic (exact) mass is 332 g/mol. The first kappa shape index (κ1) is 17.5. The molecule has 0 amide bonds. The second-order valence-corrected chi connectivity index (χ2v) is 7.53. The predicted octanol–water partition coefficient (Wildman–Crippen LogP) is 6.08. The van der Waals surface area contributed by atoms with Crippen LogP contribution in [0.4, 0.5) is 11.4 Å². The fraction of sp³-hybridized carbons (Fsp3) is 0.348. The molecule has 2 nitrogen and oxygen atoms in total. The van der Waals surface area contributed by atoms with Crippen molar-refractivity contribution in [3.63, 3.8) is 0 Å². The molecule has 1 aliphatic rings. The molecule has 0 spiro atoms. The molecule has 2 aromatic carbocycles. The van der Waals surface area contributed by atoms with Gasteiger partial charge in [-0.05, 0) is 88.1 Å². The molecule has 25 heavy (non-hydrogen) atoms. The van der Waals surface area contributed by atoms with Gasteiger partial charge in [-0.2, -0.15) is 0 Å². The number of fused-ring (bicyclic) bond motifs is 1. The van der Waals surface area contributed by atoms with E-state index in [1.54, 1.807) is 0 Å². The first-order valence-electron chi connectivity index (χ1n) is 9.04. The number of nitrogens with zero attached hydrogens (tertiary/aromatic N) is 2. The van der Waals surface area contributed by atoms with E-state index >= 15 is 0 Å². The molecule has 0 unspecified atom stereocenters. The largest absolute Gasteiger partial charge is 0.363 e. The summed E-state index contributed by atoms with van der Waals surface area (Å²) in [5.74, 6) is 0. The molecule has 0 aliphatic carbocycles. The summed E-state index contributed by atoms with van der Waals surface area (Å²) in [6, 6.07) is 13.0. The number of allylic oxidation sites excluding steroid dienone is 1. The molecular weight excluding hydrogens is 304 g/mol. The summed E-state index contributed by atoms with van der Waals surface area (Å²) in [5, 5.41) is 0. The van der Waals surface area contributed by atoms with Gasteiger partial charge in [-0.15, -0.1) is 0 Å². The zero-order valence-corrected chi connectivity index (χ0v) is 16.2. The number of hydrogen-bond acceptors (Lipinski definition) is 2. The number of hydrogen-bond donors (Lipinski definition) is 0. The maximum atomic E-state index is 4.66. The third-order valence-electron chi connectivity index (χ3n) is 5.17. The molecule has 0 aromatic heterocycles. The van der Waals surface area contributed by atoms with E-state index in [0.717, 1.165) is 17.8 Å². The Kier molecular flexibility index (Phi) is 4.55. The van der Waals surface area contributed by atoms with Gasteiger partial charge in [0.05, 0.1) is 11.2 Å². The first-order chi connectivity index (χ1) is 11.8. The summed E-state index contributed by atoms with van der Waals surface area (Å²) >= 11 is 0. The highest BCUT2D eigenvalue weighted by molar-refractivity contribution is 5.88. The van der Waals surface area contributed by atoms with E-state index in [9.17, 15) is 0 Å². The average Bonchev–Trinajstić information content (AvgIpc) is 2.56. The smallest absolute Gasteiger partial charge is 0.0632 e. The molecule has 0 atom stereocenters. The molecule has 2 heteroatoms.